The molecule has 0 aliphatic heterocycles. The molecule has 0 spiro atoms. The van der Waals surface area contributed by atoms with Gasteiger partial charge < -0.3 is 4.57 Å². The zero-order chi connectivity index (χ0) is 17.1. The van der Waals surface area contributed by atoms with Gasteiger partial charge in [-0.25, -0.2) is 8.78 Å². The van der Waals surface area contributed by atoms with Crippen molar-refractivity contribution in [2.45, 2.75) is 24.4 Å². The van der Waals surface area contributed by atoms with Gasteiger partial charge in [-0.1, -0.05) is 35.5 Å². The van der Waals surface area contributed by atoms with Gasteiger partial charge in [0.15, 0.2) is 22.6 Å². The highest BCUT2D eigenvalue weighted by atomic mass is 35.5. The summed E-state index contributed by atoms with van der Waals surface area (Å²) in [5, 5.41) is 9.71. The third-order valence-corrected chi connectivity index (χ3v) is 4.79. The van der Waals surface area contributed by atoms with E-state index in [1.807, 2.05) is 23.6 Å². The van der Waals surface area contributed by atoms with Crippen molar-refractivity contribution in [1.82, 2.24) is 14.8 Å². The Morgan fingerprint density at radius 2 is 1.83 bits per heavy atom. The average molecular weight is 366 g/mol. The molecule has 1 aromatic heterocycles. The largest absolute Gasteiger partial charge is 0.302 e. The third-order valence-electron chi connectivity index (χ3n) is 3.52. The van der Waals surface area contributed by atoms with Crippen molar-refractivity contribution in [3.8, 4) is 11.4 Å². The minimum absolute atomic E-state index is 0.280. The molecule has 7 heteroatoms. The zero-order valence-electron chi connectivity index (χ0n) is 12.8. The van der Waals surface area contributed by atoms with Crippen LogP contribution in [0, 0.1) is 11.6 Å². The lowest BCUT2D eigenvalue weighted by molar-refractivity contribution is 0.502. The molecule has 0 unspecified atom stereocenters. The molecule has 24 heavy (non-hydrogen) atoms. The van der Waals surface area contributed by atoms with E-state index in [9.17, 15) is 8.78 Å². The van der Waals surface area contributed by atoms with Gasteiger partial charge in [0.2, 0.25) is 0 Å². The molecule has 0 aliphatic rings. The molecule has 0 saturated heterocycles. The molecule has 0 atom stereocenters. The summed E-state index contributed by atoms with van der Waals surface area (Å²) in [5.41, 5.74) is 1.20. The first-order chi connectivity index (χ1) is 11.6. The monoisotopic (exact) mass is 365 g/mol. The number of aromatic nitrogens is 3. The number of benzene rings is 2. The summed E-state index contributed by atoms with van der Waals surface area (Å²) >= 11 is 7.23. The van der Waals surface area contributed by atoms with Crippen LogP contribution in [0.25, 0.3) is 11.4 Å². The standard InChI is InChI=1S/C17H14ClF2N3S/c1-2-23-16(11-6-8-13(18)9-7-11)21-22-17(23)24-10-12-4-3-5-14(19)15(12)20/h3-9H,2,10H2,1H3. The summed E-state index contributed by atoms with van der Waals surface area (Å²) in [6.45, 7) is 2.65. The number of hydrogen-bond acceptors (Lipinski definition) is 3. The van der Waals surface area contributed by atoms with Crippen molar-refractivity contribution in [2.75, 3.05) is 0 Å². The predicted molar refractivity (Wildman–Crippen MR) is 92.1 cm³/mol. The fourth-order valence-corrected chi connectivity index (χ4v) is 3.40. The zero-order valence-corrected chi connectivity index (χ0v) is 14.4. The van der Waals surface area contributed by atoms with Gasteiger partial charge in [-0.3, -0.25) is 0 Å². The summed E-state index contributed by atoms with van der Waals surface area (Å²) in [6, 6.07) is 11.5. The number of halogens is 3. The normalized spacial score (nSPS) is 11.0. The molecule has 0 aliphatic carbocycles. The maximum atomic E-state index is 13.8. The van der Waals surface area contributed by atoms with E-state index in [2.05, 4.69) is 10.2 Å². The second-order valence-corrected chi connectivity index (χ2v) is 6.44. The Kier molecular flexibility index (Phi) is 5.16. The highest BCUT2D eigenvalue weighted by Gasteiger charge is 2.15. The molecular weight excluding hydrogens is 352 g/mol. The highest BCUT2D eigenvalue weighted by Crippen LogP contribution is 2.28. The van der Waals surface area contributed by atoms with Gasteiger partial charge in [-0.05, 0) is 37.3 Å². The summed E-state index contributed by atoms with van der Waals surface area (Å²) in [4.78, 5) is 0. The van der Waals surface area contributed by atoms with Crippen molar-refractivity contribution in [2.24, 2.45) is 0 Å². The Hall–Kier alpha value is -1.92. The van der Waals surface area contributed by atoms with E-state index >= 15 is 0 Å². The van der Waals surface area contributed by atoms with Crippen molar-refractivity contribution >= 4 is 23.4 Å². The van der Waals surface area contributed by atoms with Crippen LogP contribution in [0.5, 0.6) is 0 Å². The van der Waals surface area contributed by atoms with Crippen LogP contribution in [0.2, 0.25) is 5.02 Å². The highest BCUT2D eigenvalue weighted by molar-refractivity contribution is 7.98. The molecule has 1 heterocycles. The van der Waals surface area contributed by atoms with Gasteiger partial charge in [0.05, 0.1) is 0 Å². The quantitative estimate of drug-likeness (QED) is 0.583. The molecule has 2 aromatic carbocycles. The molecule has 0 bridgehead atoms. The predicted octanol–water partition coefficient (Wildman–Crippen LogP) is 5.19. The molecule has 0 fully saturated rings. The number of nitrogens with zero attached hydrogens (tertiary/aromatic N) is 3. The third kappa shape index (κ3) is 3.44. The molecule has 0 radical (unpaired) electrons. The van der Waals surface area contributed by atoms with Crippen molar-refractivity contribution in [3.63, 3.8) is 0 Å². The minimum atomic E-state index is -0.841. The van der Waals surface area contributed by atoms with E-state index in [0.717, 1.165) is 17.5 Å². The van der Waals surface area contributed by atoms with Crippen LogP contribution in [0.3, 0.4) is 0 Å². The lowest BCUT2D eigenvalue weighted by Gasteiger charge is -2.08. The van der Waals surface area contributed by atoms with E-state index in [1.54, 1.807) is 18.2 Å². The maximum Gasteiger partial charge on any atom is 0.191 e. The van der Waals surface area contributed by atoms with Crippen LogP contribution in [0.1, 0.15) is 12.5 Å². The molecule has 124 valence electrons. The van der Waals surface area contributed by atoms with Crippen molar-refractivity contribution < 1.29 is 8.78 Å². The Morgan fingerprint density at radius 3 is 2.54 bits per heavy atom. The van der Waals surface area contributed by atoms with E-state index in [-0.39, 0.29) is 5.75 Å². The van der Waals surface area contributed by atoms with E-state index in [4.69, 9.17) is 11.6 Å². The fraction of sp³-hybridized carbons (Fsp3) is 0.176. The van der Waals surface area contributed by atoms with Gasteiger partial charge in [0.25, 0.3) is 0 Å². The fourth-order valence-electron chi connectivity index (χ4n) is 2.30. The van der Waals surface area contributed by atoms with Crippen LogP contribution in [-0.4, -0.2) is 14.8 Å². The molecular formula is C17H14ClF2N3S. The van der Waals surface area contributed by atoms with Crippen LogP contribution < -0.4 is 0 Å². The molecule has 0 N–H and O–H groups in total. The Labute approximate surface area is 147 Å². The number of rotatable bonds is 5. The lowest BCUT2D eigenvalue weighted by Crippen LogP contribution is -2.00. The second kappa shape index (κ2) is 7.32. The first-order valence-electron chi connectivity index (χ1n) is 7.35. The summed E-state index contributed by atoms with van der Waals surface area (Å²) in [6.07, 6.45) is 0. The van der Waals surface area contributed by atoms with Crippen LogP contribution in [0.4, 0.5) is 8.78 Å². The topological polar surface area (TPSA) is 30.7 Å². The number of thioether (sulfide) groups is 1. The van der Waals surface area contributed by atoms with Gasteiger partial charge in [0.1, 0.15) is 0 Å². The van der Waals surface area contributed by atoms with Crippen LogP contribution in [-0.2, 0) is 12.3 Å². The molecule has 0 saturated carbocycles. The first-order valence-corrected chi connectivity index (χ1v) is 8.71. The van der Waals surface area contributed by atoms with Crippen LogP contribution >= 0.6 is 23.4 Å². The maximum absolute atomic E-state index is 13.8. The Balaban J connectivity index is 1.84. The Bertz CT molecular complexity index is 850. The summed E-state index contributed by atoms with van der Waals surface area (Å²) in [5.74, 6) is -0.656. The van der Waals surface area contributed by atoms with E-state index in [0.29, 0.717) is 22.3 Å². The lowest BCUT2D eigenvalue weighted by atomic mass is 10.2. The van der Waals surface area contributed by atoms with E-state index < -0.39 is 11.6 Å². The average Bonchev–Trinajstić information content (AvgIpc) is 3.00. The van der Waals surface area contributed by atoms with Gasteiger partial charge >= 0.3 is 0 Å². The van der Waals surface area contributed by atoms with Crippen LogP contribution in [0.15, 0.2) is 47.6 Å². The van der Waals surface area contributed by atoms with Gasteiger partial charge in [-0.2, -0.15) is 0 Å². The molecule has 3 rings (SSSR count). The van der Waals surface area contributed by atoms with Crippen molar-refractivity contribution in [1.29, 1.82) is 0 Å². The minimum Gasteiger partial charge on any atom is -0.302 e. The van der Waals surface area contributed by atoms with Gasteiger partial charge in [-0.15, -0.1) is 10.2 Å². The molecule has 3 aromatic rings. The van der Waals surface area contributed by atoms with Crippen molar-refractivity contribution in [3.05, 3.63) is 64.7 Å². The SMILES string of the molecule is CCn1c(SCc2cccc(F)c2F)nnc1-c1ccc(Cl)cc1. The molecule has 0 amide bonds. The summed E-state index contributed by atoms with van der Waals surface area (Å²) in [7, 11) is 0. The second-order valence-electron chi connectivity index (χ2n) is 5.06. The van der Waals surface area contributed by atoms with E-state index in [1.165, 1.54) is 17.8 Å². The number of hydrogen-bond donors (Lipinski definition) is 0. The molecule has 3 nitrogen and oxygen atoms in total. The Morgan fingerprint density at radius 1 is 1.08 bits per heavy atom. The first kappa shape index (κ1) is 16.9. The smallest absolute Gasteiger partial charge is 0.191 e. The van der Waals surface area contributed by atoms with Gasteiger partial charge in [0, 0.05) is 28.4 Å². The summed E-state index contributed by atoms with van der Waals surface area (Å²) < 4.78 is 29.0.